The maximum atomic E-state index is 11.0. The van der Waals surface area contributed by atoms with Crippen molar-refractivity contribution in [3.8, 4) is 11.3 Å². The van der Waals surface area contributed by atoms with Crippen LogP contribution in [0.3, 0.4) is 0 Å². The molecule has 8 nitrogen and oxygen atoms in total. The number of nitrogens with two attached hydrogens (primary N) is 3. The van der Waals surface area contributed by atoms with Gasteiger partial charge >= 0.3 is 5.97 Å². The zero-order chi connectivity index (χ0) is 16.1. The quantitative estimate of drug-likeness (QED) is 0.482. The third-order valence-electron chi connectivity index (χ3n) is 2.60. The van der Waals surface area contributed by atoms with Gasteiger partial charge in [-0.05, 0) is 24.3 Å². The van der Waals surface area contributed by atoms with Crippen LogP contribution >= 0.6 is 0 Å². The molecule has 0 aliphatic heterocycles. The van der Waals surface area contributed by atoms with Gasteiger partial charge in [0.15, 0.2) is 5.96 Å². The molecule has 0 aliphatic carbocycles. The maximum absolute atomic E-state index is 11.0. The highest BCUT2D eigenvalue weighted by molar-refractivity contribution is 5.93. The number of rotatable bonds is 3. The number of nitrogens with zero attached hydrogens (tertiary/aromatic N) is 3. The molecule has 0 saturated carbocycles. The van der Waals surface area contributed by atoms with Crippen LogP contribution in [0.5, 0.6) is 0 Å². The number of carboxylic acid groups (broad SMARTS) is 1. The van der Waals surface area contributed by atoms with E-state index in [1.807, 2.05) is 0 Å². The molecule has 0 bridgehead atoms. The van der Waals surface area contributed by atoms with Crippen LogP contribution in [0.4, 0.5) is 5.69 Å². The van der Waals surface area contributed by atoms with E-state index in [1.54, 1.807) is 36.4 Å². The number of aromatic nitrogens is 1. The first-order valence-corrected chi connectivity index (χ1v) is 6.20. The largest absolute Gasteiger partial charge is 0.477 e. The fraction of sp³-hybridized carbons (Fsp3) is 0. The van der Waals surface area contributed by atoms with Crippen LogP contribution in [0.25, 0.3) is 11.3 Å². The standard InChI is InChI=1S/C14H14N6O2/c15-13(16)20-14(17)18-9-4-1-3-8(7-9)10-5-2-6-11(19-10)12(21)22/h1-7H,(H,21,22)(H6,15,16,17,18,20). The summed E-state index contributed by atoms with van der Waals surface area (Å²) in [5.74, 6) is -1.36. The summed E-state index contributed by atoms with van der Waals surface area (Å²) in [6.45, 7) is 0. The lowest BCUT2D eigenvalue weighted by Crippen LogP contribution is -2.26. The van der Waals surface area contributed by atoms with E-state index in [9.17, 15) is 4.79 Å². The topological polar surface area (TPSA) is 153 Å². The summed E-state index contributed by atoms with van der Waals surface area (Å²) in [4.78, 5) is 22.7. The van der Waals surface area contributed by atoms with Gasteiger partial charge in [-0.15, -0.1) is 0 Å². The van der Waals surface area contributed by atoms with Crippen LogP contribution in [0.1, 0.15) is 10.5 Å². The maximum Gasteiger partial charge on any atom is 0.354 e. The predicted octanol–water partition coefficient (Wildman–Crippen LogP) is 0.666. The van der Waals surface area contributed by atoms with Gasteiger partial charge in [0.1, 0.15) is 5.69 Å². The number of hydrogen-bond acceptors (Lipinski definition) is 3. The molecule has 1 aromatic heterocycles. The molecular formula is C14H14N6O2. The number of aliphatic imine (C=N–C) groups is 2. The Morgan fingerprint density at radius 2 is 1.82 bits per heavy atom. The summed E-state index contributed by atoms with van der Waals surface area (Å²) < 4.78 is 0. The normalized spacial score (nSPS) is 11.0. The van der Waals surface area contributed by atoms with E-state index in [1.165, 1.54) is 6.07 Å². The van der Waals surface area contributed by atoms with E-state index < -0.39 is 5.97 Å². The summed E-state index contributed by atoms with van der Waals surface area (Å²) in [7, 11) is 0. The van der Waals surface area contributed by atoms with Crippen molar-refractivity contribution in [1.29, 1.82) is 0 Å². The minimum Gasteiger partial charge on any atom is -0.477 e. The van der Waals surface area contributed by atoms with Crippen molar-refractivity contribution in [2.45, 2.75) is 0 Å². The molecule has 0 saturated heterocycles. The van der Waals surface area contributed by atoms with Crippen molar-refractivity contribution in [1.82, 2.24) is 4.98 Å². The third-order valence-corrected chi connectivity index (χ3v) is 2.60. The van der Waals surface area contributed by atoms with E-state index in [4.69, 9.17) is 22.3 Å². The second kappa shape index (κ2) is 6.35. The molecule has 0 fully saturated rings. The first kappa shape index (κ1) is 15.0. The second-order valence-corrected chi connectivity index (χ2v) is 4.27. The van der Waals surface area contributed by atoms with Crippen molar-refractivity contribution < 1.29 is 9.90 Å². The van der Waals surface area contributed by atoms with Crippen LogP contribution in [0, 0.1) is 0 Å². The molecule has 8 heteroatoms. The van der Waals surface area contributed by atoms with Gasteiger partial charge < -0.3 is 22.3 Å². The van der Waals surface area contributed by atoms with Gasteiger partial charge in [0, 0.05) is 5.56 Å². The molecule has 112 valence electrons. The fourth-order valence-electron chi connectivity index (χ4n) is 1.74. The van der Waals surface area contributed by atoms with Crippen LogP contribution in [-0.4, -0.2) is 28.0 Å². The van der Waals surface area contributed by atoms with Crippen LogP contribution in [0.2, 0.25) is 0 Å². The van der Waals surface area contributed by atoms with Gasteiger partial charge in [-0.3, -0.25) is 0 Å². The lowest BCUT2D eigenvalue weighted by Gasteiger charge is -2.03. The summed E-state index contributed by atoms with van der Waals surface area (Å²) in [5, 5.41) is 8.97. The first-order valence-electron chi connectivity index (χ1n) is 6.20. The van der Waals surface area contributed by atoms with E-state index in [0.29, 0.717) is 16.9 Å². The van der Waals surface area contributed by atoms with E-state index in [0.717, 1.165) is 0 Å². The van der Waals surface area contributed by atoms with Gasteiger partial charge in [0.05, 0.1) is 11.4 Å². The van der Waals surface area contributed by atoms with Crippen LogP contribution in [-0.2, 0) is 0 Å². The number of pyridine rings is 1. The Kier molecular flexibility index (Phi) is 4.33. The minimum atomic E-state index is -1.09. The zero-order valence-corrected chi connectivity index (χ0v) is 11.5. The number of carbonyl (C=O) groups is 1. The number of aromatic carboxylic acids is 1. The summed E-state index contributed by atoms with van der Waals surface area (Å²) in [6, 6.07) is 11.7. The Hall–Kier alpha value is -3.42. The Labute approximate surface area is 126 Å². The number of guanidine groups is 2. The minimum absolute atomic E-state index is 0.0357. The highest BCUT2D eigenvalue weighted by Gasteiger charge is 2.07. The highest BCUT2D eigenvalue weighted by Crippen LogP contribution is 2.23. The van der Waals surface area contributed by atoms with E-state index in [2.05, 4.69) is 15.0 Å². The average Bonchev–Trinajstić information content (AvgIpc) is 2.46. The lowest BCUT2D eigenvalue weighted by atomic mass is 10.1. The van der Waals surface area contributed by atoms with Crippen molar-refractivity contribution in [3.63, 3.8) is 0 Å². The number of benzene rings is 1. The molecule has 22 heavy (non-hydrogen) atoms. The molecule has 1 heterocycles. The van der Waals surface area contributed by atoms with Gasteiger partial charge in [-0.25, -0.2) is 14.8 Å². The van der Waals surface area contributed by atoms with Gasteiger partial charge in [-0.1, -0.05) is 18.2 Å². The first-order chi connectivity index (χ1) is 10.5. The average molecular weight is 298 g/mol. The molecule has 2 rings (SSSR count). The van der Waals surface area contributed by atoms with Gasteiger partial charge in [0.2, 0.25) is 5.96 Å². The van der Waals surface area contributed by atoms with Crippen molar-refractivity contribution >= 4 is 23.6 Å². The summed E-state index contributed by atoms with van der Waals surface area (Å²) in [5.41, 5.74) is 17.7. The smallest absolute Gasteiger partial charge is 0.354 e. The van der Waals surface area contributed by atoms with E-state index >= 15 is 0 Å². The van der Waals surface area contributed by atoms with Gasteiger partial charge in [-0.2, -0.15) is 4.99 Å². The molecule has 2 aromatic rings. The molecule has 0 radical (unpaired) electrons. The summed E-state index contributed by atoms with van der Waals surface area (Å²) in [6.07, 6.45) is 0. The van der Waals surface area contributed by atoms with Crippen molar-refractivity contribution in [2.24, 2.45) is 27.2 Å². The van der Waals surface area contributed by atoms with E-state index in [-0.39, 0.29) is 17.6 Å². The molecule has 0 atom stereocenters. The lowest BCUT2D eigenvalue weighted by molar-refractivity contribution is 0.0690. The fourth-order valence-corrected chi connectivity index (χ4v) is 1.74. The molecule has 0 spiro atoms. The van der Waals surface area contributed by atoms with Crippen molar-refractivity contribution in [2.75, 3.05) is 0 Å². The molecule has 1 aromatic carbocycles. The molecule has 7 N–H and O–H groups in total. The number of carboxylic acids is 1. The van der Waals surface area contributed by atoms with Crippen LogP contribution in [0.15, 0.2) is 52.4 Å². The monoisotopic (exact) mass is 298 g/mol. The Balaban J connectivity index is 2.38. The Morgan fingerprint density at radius 3 is 2.50 bits per heavy atom. The van der Waals surface area contributed by atoms with Crippen molar-refractivity contribution in [3.05, 3.63) is 48.2 Å². The van der Waals surface area contributed by atoms with Gasteiger partial charge in [0.25, 0.3) is 0 Å². The SMILES string of the molecule is NC(N)=NC(N)=Nc1cccc(-c2cccc(C(=O)O)n2)c1. The zero-order valence-electron chi connectivity index (χ0n) is 11.5. The number of hydrogen-bond donors (Lipinski definition) is 4. The molecule has 0 aliphatic rings. The Bertz CT molecular complexity index is 765. The Morgan fingerprint density at radius 1 is 1.09 bits per heavy atom. The van der Waals surface area contributed by atoms with Crippen LogP contribution < -0.4 is 17.2 Å². The predicted molar refractivity (Wildman–Crippen MR) is 83.7 cm³/mol. The highest BCUT2D eigenvalue weighted by atomic mass is 16.4. The second-order valence-electron chi connectivity index (χ2n) is 4.27. The third kappa shape index (κ3) is 3.79. The summed E-state index contributed by atoms with van der Waals surface area (Å²) >= 11 is 0. The molecule has 0 amide bonds. The molecular weight excluding hydrogens is 284 g/mol. The molecule has 0 unspecified atom stereocenters.